The molecule has 0 radical (unpaired) electrons. The number of nitrogens with zero attached hydrogens (tertiary/aromatic N) is 1. The molecule has 0 saturated heterocycles. The lowest BCUT2D eigenvalue weighted by Gasteiger charge is -2.21. The first-order valence-electron chi connectivity index (χ1n) is 5.05. The lowest BCUT2D eigenvalue weighted by Crippen LogP contribution is -2.06. The molecule has 2 nitrogen and oxygen atoms in total. The third-order valence-corrected chi connectivity index (χ3v) is 5.15. The SMILES string of the molecule is N#CC(OSI)c1cc(Br)cc2c1SCCC2. The molecule has 1 aromatic carbocycles. The first-order chi connectivity index (χ1) is 8.26. The first kappa shape index (κ1) is 14.0. The molecular formula is C11H9BrINOS2. The molecule has 0 aromatic heterocycles. The second-order valence-corrected chi connectivity index (χ2v) is 7.02. The van der Waals surface area contributed by atoms with Gasteiger partial charge in [0.25, 0.3) is 0 Å². The standard InChI is InChI=1S/C11H9BrINOS2/c12-8-4-7-2-1-3-16-11(7)9(5-8)10(6-14)15-17-13/h4-5,10H,1-3H2. The van der Waals surface area contributed by atoms with Crippen LogP contribution in [0.3, 0.4) is 0 Å². The zero-order valence-corrected chi connectivity index (χ0v) is 14.2. The number of benzene rings is 1. The van der Waals surface area contributed by atoms with Crippen LogP contribution in [0.5, 0.6) is 0 Å². The van der Waals surface area contributed by atoms with Gasteiger partial charge in [-0.15, -0.1) is 11.8 Å². The fourth-order valence-corrected chi connectivity index (χ4v) is 4.38. The fraction of sp³-hybridized carbons (Fsp3) is 0.364. The topological polar surface area (TPSA) is 33.0 Å². The van der Waals surface area contributed by atoms with E-state index in [9.17, 15) is 5.26 Å². The summed E-state index contributed by atoms with van der Waals surface area (Å²) in [5.41, 5.74) is 2.32. The predicted molar refractivity (Wildman–Crippen MR) is 84.2 cm³/mol. The van der Waals surface area contributed by atoms with Gasteiger partial charge in [0, 0.05) is 36.1 Å². The lowest BCUT2D eigenvalue weighted by atomic mass is 10.0. The predicted octanol–water partition coefficient (Wildman–Crippen LogP) is 5.07. The van der Waals surface area contributed by atoms with Crippen LogP contribution in [0.15, 0.2) is 21.5 Å². The number of rotatable bonds is 3. The maximum Gasteiger partial charge on any atom is 0.185 e. The minimum absolute atomic E-state index is 0.492. The highest BCUT2D eigenvalue weighted by Crippen LogP contribution is 2.40. The molecule has 0 aliphatic carbocycles. The Hall–Kier alpha value is 0.580. The van der Waals surface area contributed by atoms with Crippen molar-refractivity contribution >= 4 is 58.1 Å². The molecule has 0 fully saturated rings. The Morgan fingerprint density at radius 1 is 1.59 bits per heavy atom. The van der Waals surface area contributed by atoms with E-state index in [4.69, 9.17) is 4.18 Å². The highest BCUT2D eigenvalue weighted by atomic mass is 127. The summed E-state index contributed by atoms with van der Waals surface area (Å²) in [5, 5.41) is 9.19. The largest absolute Gasteiger partial charge is 0.282 e. The number of hydrogen-bond donors (Lipinski definition) is 0. The molecule has 1 unspecified atom stereocenters. The van der Waals surface area contributed by atoms with Crippen LogP contribution in [-0.2, 0) is 10.6 Å². The first-order valence-corrected chi connectivity index (χ1v) is 10.1. The maximum atomic E-state index is 9.19. The average molecular weight is 442 g/mol. The normalized spacial score (nSPS) is 16.1. The van der Waals surface area contributed by atoms with Gasteiger partial charge in [0.2, 0.25) is 0 Å². The molecule has 1 aliphatic heterocycles. The number of halogens is 2. The lowest BCUT2D eigenvalue weighted by molar-refractivity contribution is 0.315. The van der Waals surface area contributed by atoms with E-state index in [0.29, 0.717) is 0 Å². The third kappa shape index (κ3) is 3.32. The molecular weight excluding hydrogens is 433 g/mol. The van der Waals surface area contributed by atoms with E-state index in [1.165, 1.54) is 26.1 Å². The van der Waals surface area contributed by atoms with Crippen molar-refractivity contribution in [3.8, 4) is 6.07 Å². The molecule has 1 aromatic rings. The van der Waals surface area contributed by atoms with Crippen molar-refractivity contribution in [3.05, 3.63) is 27.7 Å². The molecule has 0 spiro atoms. The summed E-state index contributed by atoms with van der Waals surface area (Å²) in [4.78, 5) is 1.23. The van der Waals surface area contributed by atoms with Crippen LogP contribution in [0.4, 0.5) is 0 Å². The van der Waals surface area contributed by atoms with Gasteiger partial charge in [-0.2, -0.15) is 5.26 Å². The molecule has 0 saturated carbocycles. The minimum Gasteiger partial charge on any atom is -0.282 e. The molecule has 1 aliphatic rings. The summed E-state index contributed by atoms with van der Waals surface area (Å²) in [5.74, 6) is 1.12. The fourth-order valence-electron chi connectivity index (χ4n) is 1.85. The van der Waals surface area contributed by atoms with Gasteiger partial charge in [0.1, 0.15) is 6.07 Å². The van der Waals surface area contributed by atoms with Crippen LogP contribution in [-0.4, -0.2) is 5.75 Å². The second kappa shape index (κ2) is 6.66. The van der Waals surface area contributed by atoms with Gasteiger partial charge in [-0.05, 0) is 36.3 Å². The second-order valence-electron chi connectivity index (χ2n) is 3.60. The number of fused-ring (bicyclic) bond motifs is 1. The molecule has 0 bridgehead atoms. The highest BCUT2D eigenvalue weighted by molar-refractivity contribution is 14.2. The van der Waals surface area contributed by atoms with Gasteiger partial charge < -0.3 is 0 Å². The minimum atomic E-state index is -0.492. The van der Waals surface area contributed by atoms with Crippen molar-refractivity contribution in [2.75, 3.05) is 5.75 Å². The Labute approximate surface area is 130 Å². The molecule has 0 N–H and O–H groups in total. The van der Waals surface area contributed by atoms with E-state index in [1.54, 1.807) is 0 Å². The van der Waals surface area contributed by atoms with E-state index in [1.807, 2.05) is 39.0 Å². The van der Waals surface area contributed by atoms with Gasteiger partial charge in [-0.1, -0.05) is 15.9 Å². The van der Waals surface area contributed by atoms with E-state index in [-0.39, 0.29) is 0 Å². The Balaban J connectivity index is 2.45. The van der Waals surface area contributed by atoms with Crippen LogP contribution in [0.2, 0.25) is 0 Å². The number of aryl methyl sites for hydroxylation is 1. The quantitative estimate of drug-likeness (QED) is 0.484. The van der Waals surface area contributed by atoms with E-state index in [0.717, 1.165) is 22.2 Å². The number of nitriles is 1. The monoisotopic (exact) mass is 441 g/mol. The van der Waals surface area contributed by atoms with Crippen LogP contribution in [0, 0.1) is 11.3 Å². The Morgan fingerprint density at radius 3 is 3.12 bits per heavy atom. The van der Waals surface area contributed by atoms with E-state index < -0.39 is 6.10 Å². The van der Waals surface area contributed by atoms with Crippen molar-refractivity contribution in [1.82, 2.24) is 0 Å². The summed E-state index contributed by atoms with van der Waals surface area (Å²) in [7, 11) is 1.21. The van der Waals surface area contributed by atoms with Crippen LogP contribution in [0.25, 0.3) is 0 Å². The zero-order chi connectivity index (χ0) is 12.3. The van der Waals surface area contributed by atoms with Gasteiger partial charge in [-0.25, -0.2) is 0 Å². The summed E-state index contributed by atoms with van der Waals surface area (Å²) in [6.07, 6.45) is 1.80. The molecule has 6 heteroatoms. The third-order valence-electron chi connectivity index (χ3n) is 2.53. The van der Waals surface area contributed by atoms with Gasteiger partial charge >= 0.3 is 0 Å². The van der Waals surface area contributed by atoms with Crippen molar-refractivity contribution in [1.29, 1.82) is 5.26 Å². The molecule has 1 heterocycles. The van der Waals surface area contributed by atoms with Gasteiger partial charge in [0.05, 0.1) is 9.21 Å². The molecule has 90 valence electrons. The molecule has 17 heavy (non-hydrogen) atoms. The van der Waals surface area contributed by atoms with Crippen molar-refractivity contribution < 1.29 is 4.18 Å². The molecule has 2 rings (SSSR count). The summed E-state index contributed by atoms with van der Waals surface area (Å²) in [6.45, 7) is 0. The maximum absolute atomic E-state index is 9.19. The number of hydrogen-bond acceptors (Lipinski definition) is 4. The van der Waals surface area contributed by atoms with E-state index in [2.05, 4.69) is 28.1 Å². The van der Waals surface area contributed by atoms with Crippen molar-refractivity contribution in [3.63, 3.8) is 0 Å². The Morgan fingerprint density at radius 2 is 2.41 bits per heavy atom. The molecule has 1 atom stereocenters. The highest BCUT2D eigenvalue weighted by Gasteiger charge is 2.21. The summed E-state index contributed by atoms with van der Waals surface area (Å²) in [6, 6.07) is 6.36. The Kier molecular flexibility index (Phi) is 5.49. The number of thioether (sulfide) groups is 1. The Bertz CT molecular complexity index is 464. The summed E-state index contributed by atoms with van der Waals surface area (Å²) >= 11 is 7.38. The van der Waals surface area contributed by atoms with Crippen molar-refractivity contribution in [2.45, 2.75) is 23.8 Å². The van der Waals surface area contributed by atoms with Crippen LogP contribution >= 0.6 is 58.1 Å². The van der Waals surface area contributed by atoms with Gasteiger partial charge in [0.15, 0.2) is 6.10 Å². The summed E-state index contributed by atoms with van der Waals surface area (Å²) < 4.78 is 6.43. The van der Waals surface area contributed by atoms with Crippen molar-refractivity contribution in [2.24, 2.45) is 0 Å². The zero-order valence-electron chi connectivity index (χ0n) is 8.78. The van der Waals surface area contributed by atoms with Crippen LogP contribution in [0.1, 0.15) is 23.7 Å². The smallest absolute Gasteiger partial charge is 0.185 e. The average Bonchev–Trinajstić information content (AvgIpc) is 2.35. The van der Waals surface area contributed by atoms with E-state index >= 15 is 0 Å². The molecule has 0 amide bonds. The van der Waals surface area contributed by atoms with Crippen LogP contribution < -0.4 is 0 Å². The van der Waals surface area contributed by atoms with Gasteiger partial charge in [-0.3, -0.25) is 4.18 Å².